The van der Waals surface area contributed by atoms with Gasteiger partial charge in [0, 0.05) is 18.3 Å². The van der Waals surface area contributed by atoms with Crippen LogP contribution >= 0.6 is 0 Å². The van der Waals surface area contributed by atoms with Crippen molar-refractivity contribution in [2.75, 3.05) is 11.9 Å². The van der Waals surface area contributed by atoms with E-state index in [0.29, 0.717) is 12.2 Å². The Morgan fingerprint density at radius 2 is 2.00 bits per heavy atom. The largest absolute Gasteiger partial charge is 0.351 e. The van der Waals surface area contributed by atoms with Gasteiger partial charge in [-0.15, -0.1) is 0 Å². The van der Waals surface area contributed by atoms with Crippen molar-refractivity contribution in [2.45, 2.75) is 26.8 Å². The second-order valence-corrected chi connectivity index (χ2v) is 5.21. The monoisotopic (exact) mass is 260 g/mol. The molecule has 0 aliphatic rings. The summed E-state index contributed by atoms with van der Waals surface area (Å²) in [6.45, 7) is 6.44. The zero-order chi connectivity index (χ0) is 14.5. The minimum absolute atomic E-state index is 0.134. The number of carbonyl (C=O) groups is 1. The summed E-state index contributed by atoms with van der Waals surface area (Å²) in [5.74, 6) is 0. The van der Waals surface area contributed by atoms with Gasteiger partial charge in [0.1, 0.15) is 0 Å². The van der Waals surface area contributed by atoms with Crippen molar-refractivity contribution in [1.29, 1.82) is 5.26 Å². The minimum atomic E-state index is -0.574. The number of nitrogens with two attached hydrogens (primary N) is 1. The molecule has 0 aliphatic heterocycles. The van der Waals surface area contributed by atoms with E-state index in [-0.39, 0.29) is 11.5 Å². The summed E-state index contributed by atoms with van der Waals surface area (Å²) >= 11 is 0. The minimum Gasteiger partial charge on any atom is -0.351 e. The molecule has 1 unspecified atom stereocenters. The maximum Gasteiger partial charge on any atom is 0.316 e. The molecule has 0 radical (unpaired) electrons. The molecule has 1 aromatic carbocycles. The van der Waals surface area contributed by atoms with Crippen molar-refractivity contribution >= 4 is 11.7 Å². The van der Waals surface area contributed by atoms with Crippen LogP contribution < -0.4 is 16.4 Å². The number of nitrogens with one attached hydrogen (secondary N) is 2. The molecule has 1 rings (SSSR count). The van der Waals surface area contributed by atoms with Crippen LogP contribution in [0.15, 0.2) is 24.3 Å². The molecule has 1 atom stereocenters. The van der Waals surface area contributed by atoms with E-state index in [9.17, 15) is 4.79 Å². The van der Waals surface area contributed by atoms with Crippen LogP contribution in [0.1, 0.15) is 32.4 Å². The van der Waals surface area contributed by atoms with Crippen molar-refractivity contribution in [1.82, 2.24) is 5.32 Å². The zero-order valence-electron chi connectivity index (χ0n) is 11.5. The van der Waals surface area contributed by atoms with Gasteiger partial charge in [0.05, 0.1) is 11.5 Å². The average Bonchev–Trinajstić information content (AvgIpc) is 2.36. The number of urea groups is 1. The van der Waals surface area contributed by atoms with Gasteiger partial charge in [0.25, 0.3) is 0 Å². The van der Waals surface area contributed by atoms with Gasteiger partial charge in [0.15, 0.2) is 0 Å². The van der Waals surface area contributed by atoms with Crippen molar-refractivity contribution in [3.8, 4) is 6.07 Å². The lowest BCUT2D eigenvalue weighted by Crippen LogP contribution is -2.30. The van der Waals surface area contributed by atoms with Gasteiger partial charge in [-0.25, -0.2) is 4.79 Å². The normalized spacial score (nSPS) is 12.5. The second kappa shape index (κ2) is 6.21. The molecule has 5 nitrogen and oxygen atoms in total. The Morgan fingerprint density at radius 1 is 1.42 bits per heavy atom. The Labute approximate surface area is 113 Å². The van der Waals surface area contributed by atoms with Crippen LogP contribution in [-0.2, 0) is 0 Å². The molecule has 5 heteroatoms. The summed E-state index contributed by atoms with van der Waals surface area (Å²) in [5.41, 5.74) is 6.41. The lowest BCUT2D eigenvalue weighted by Gasteiger charge is -2.21. The molecule has 2 amide bonds. The Hall–Kier alpha value is -2.06. The van der Waals surface area contributed by atoms with Gasteiger partial charge in [-0.05, 0) is 38.5 Å². The molecule has 0 saturated carbocycles. The van der Waals surface area contributed by atoms with E-state index >= 15 is 0 Å². The maximum absolute atomic E-state index is 10.7. The van der Waals surface area contributed by atoms with Gasteiger partial charge in [0.2, 0.25) is 0 Å². The van der Waals surface area contributed by atoms with Crippen molar-refractivity contribution < 1.29 is 4.79 Å². The van der Waals surface area contributed by atoms with Gasteiger partial charge in [-0.3, -0.25) is 0 Å². The highest BCUT2D eigenvalue weighted by Gasteiger charge is 2.17. The molecule has 0 spiro atoms. The molecular formula is C14H20N4O. The molecule has 0 aliphatic carbocycles. The molecule has 0 fully saturated rings. The van der Waals surface area contributed by atoms with Gasteiger partial charge < -0.3 is 16.4 Å². The number of benzene rings is 1. The van der Waals surface area contributed by atoms with Gasteiger partial charge >= 0.3 is 6.03 Å². The summed E-state index contributed by atoms with van der Waals surface area (Å²) < 4.78 is 0. The number of amides is 2. The van der Waals surface area contributed by atoms with E-state index in [1.54, 1.807) is 12.1 Å². The standard InChI is InChI=1S/C14H20N4O/c1-10(17-9-14(2,3)8-15)11-4-6-12(7-5-11)18-13(16)19/h4-7,10,17H,9H2,1-3H3,(H3,16,18,19). The fourth-order valence-electron chi connectivity index (χ4n) is 1.56. The summed E-state index contributed by atoms with van der Waals surface area (Å²) in [5, 5.41) is 14.8. The first-order chi connectivity index (χ1) is 8.84. The van der Waals surface area contributed by atoms with Crippen molar-refractivity contribution in [3.05, 3.63) is 29.8 Å². The van der Waals surface area contributed by atoms with E-state index < -0.39 is 6.03 Å². The lowest BCUT2D eigenvalue weighted by atomic mass is 9.95. The fourth-order valence-corrected chi connectivity index (χ4v) is 1.56. The SMILES string of the molecule is CC(NCC(C)(C)C#N)c1ccc(NC(N)=O)cc1. The Morgan fingerprint density at radius 3 is 2.47 bits per heavy atom. The number of hydrogen-bond acceptors (Lipinski definition) is 3. The van der Waals surface area contributed by atoms with Gasteiger partial charge in [-0.2, -0.15) is 5.26 Å². The quantitative estimate of drug-likeness (QED) is 0.759. The number of primary amides is 1. The molecule has 19 heavy (non-hydrogen) atoms. The number of carbonyl (C=O) groups excluding carboxylic acids is 1. The number of anilines is 1. The predicted octanol–water partition coefficient (Wildman–Crippen LogP) is 2.38. The number of hydrogen-bond donors (Lipinski definition) is 3. The van der Waals surface area contributed by atoms with E-state index in [0.717, 1.165) is 5.56 Å². The molecule has 0 aromatic heterocycles. The third-order valence-electron chi connectivity index (χ3n) is 2.83. The highest BCUT2D eigenvalue weighted by atomic mass is 16.2. The number of rotatable bonds is 5. The van der Waals surface area contributed by atoms with Crippen molar-refractivity contribution in [3.63, 3.8) is 0 Å². The first-order valence-electron chi connectivity index (χ1n) is 6.15. The van der Waals surface area contributed by atoms with Crippen LogP contribution in [0.3, 0.4) is 0 Å². The zero-order valence-corrected chi connectivity index (χ0v) is 11.5. The lowest BCUT2D eigenvalue weighted by molar-refractivity contribution is 0.259. The van der Waals surface area contributed by atoms with Gasteiger partial charge in [-0.1, -0.05) is 12.1 Å². The molecule has 0 heterocycles. The first-order valence-corrected chi connectivity index (χ1v) is 6.15. The van der Waals surface area contributed by atoms with Crippen LogP contribution in [0.5, 0.6) is 0 Å². The summed E-state index contributed by atoms with van der Waals surface area (Å²) in [4.78, 5) is 10.7. The van der Waals surface area contributed by atoms with Crippen LogP contribution in [0, 0.1) is 16.7 Å². The highest BCUT2D eigenvalue weighted by molar-refractivity contribution is 5.87. The molecule has 4 N–H and O–H groups in total. The Kier molecular flexibility index (Phi) is 4.90. The van der Waals surface area contributed by atoms with Crippen LogP contribution in [0.25, 0.3) is 0 Å². The third kappa shape index (κ3) is 4.98. The summed E-state index contributed by atoms with van der Waals surface area (Å²) in [7, 11) is 0. The predicted molar refractivity (Wildman–Crippen MR) is 75.5 cm³/mol. The van der Waals surface area contributed by atoms with E-state index in [1.165, 1.54) is 0 Å². The topological polar surface area (TPSA) is 90.9 Å². The van der Waals surface area contributed by atoms with Crippen LogP contribution in [0.2, 0.25) is 0 Å². The van der Waals surface area contributed by atoms with E-state index in [1.807, 2.05) is 32.9 Å². The Balaban J connectivity index is 2.61. The maximum atomic E-state index is 10.7. The first kappa shape index (κ1) is 15.0. The van der Waals surface area contributed by atoms with E-state index in [2.05, 4.69) is 16.7 Å². The average molecular weight is 260 g/mol. The van der Waals surface area contributed by atoms with E-state index in [4.69, 9.17) is 11.0 Å². The molecule has 102 valence electrons. The van der Waals surface area contributed by atoms with Crippen molar-refractivity contribution in [2.24, 2.45) is 11.1 Å². The highest BCUT2D eigenvalue weighted by Crippen LogP contribution is 2.18. The molecule has 0 saturated heterocycles. The summed E-state index contributed by atoms with van der Waals surface area (Å²) in [6, 6.07) is 9.25. The van der Waals surface area contributed by atoms with Crippen LogP contribution in [-0.4, -0.2) is 12.6 Å². The summed E-state index contributed by atoms with van der Waals surface area (Å²) in [6.07, 6.45) is 0. The molecular weight excluding hydrogens is 240 g/mol. The third-order valence-corrected chi connectivity index (χ3v) is 2.83. The second-order valence-electron chi connectivity index (χ2n) is 5.21. The Bertz CT molecular complexity index is 473. The molecule has 0 bridgehead atoms. The van der Waals surface area contributed by atoms with Crippen LogP contribution in [0.4, 0.5) is 10.5 Å². The number of nitrogens with zero attached hydrogens (tertiary/aromatic N) is 1. The number of nitriles is 1. The fraction of sp³-hybridized carbons (Fsp3) is 0.429. The molecule has 1 aromatic rings. The smallest absolute Gasteiger partial charge is 0.316 e.